The SMILES string of the molecule is CCCCCCCCCCCCCCCCOCCC(=O)Nc1nc(C)nc2c1c(C(N)=O)cn2[C@@H]1O[C@H](CO)[C@@H](O)[C@H]1O. The summed E-state index contributed by atoms with van der Waals surface area (Å²) in [5, 5.41) is 33.1. The average Bonchev–Trinajstić information content (AvgIpc) is 3.51. The van der Waals surface area contributed by atoms with Gasteiger partial charge in [0.1, 0.15) is 35.6 Å². The Hall–Kier alpha value is -2.64. The number of ether oxygens (including phenoxy) is 2. The van der Waals surface area contributed by atoms with Crippen LogP contribution in [0.25, 0.3) is 11.0 Å². The van der Waals surface area contributed by atoms with Gasteiger partial charge in [-0.05, 0) is 13.3 Å². The minimum absolute atomic E-state index is 0.0158. The third-order valence-electron chi connectivity index (χ3n) is 8.21. The Morgan fingerprint density at radius 3 is 2.07 bits per heavy atom. The molecule has 1 aliphatic rings. The molecule has 6 N–H and O–H groups in total. The van der Waals surface area contributed by atoms with Gasteiger partial charge < -0.3 is 40.4 Å². The largest absolute Gasteiger partial charge is 0.394 e. The molecular formula is C32H53N5O7. The van der Waals surface area contributed by atoms with Gasteiger partial charge in [-0.1, -0.05) is 90.4 Å². The molecule has 1 saturated heterocycles. The lowest BCUT2D eigenvalue weighted by atomic mass is 10.0. The molecule has 4 atom stereocenters. The highest BCUT2D eigenvalue weighted by molar-refractivity contribution is 6.11. The third-order valence-corrected chi connectivity index (χ3v) is 8.21. The number of unbranched alkanes of at least 4 members (excludes halogenated alkanes) is 13. The van der Waals surface area contributed by atoms with E-state index in [1.54, 1.807) is 6.92 Å². The summed E-state index contributed by atoms with van der Waals surface area (Å²) < 4.78 is 12.7. The number of fused-ring (bicyclic) bond motifs is 1. The molecular weight excluding hydrogens is 566 g/mol. The van der Waals surface area contributed by atoms with Crippen LogP contribution in [0.5, 0.6) is 0 Å². The zero-order valence-electron chi connectivity index (χ0n) is 26.5. The molecule has 2 aromatic rings. The monoisotopic (exact) mass is 619 g/mol. The van der Waals surface area contributed by atoms with E-state index in [4.69, 9.17) is 15.2 Å². The number of hydrogen-bond acceptors (Lipinski definition) is 9. The van der Waals surface area contributed by atoms with Crippen LogP contribution in [-0.2, 0) is 14.3 Å². The smallest absolute Gasteiger partial charge is 0.251 e. The van der Waals surface area contributed by atoms with Gasteiger partial charge in [-0.25, -0.2) is 9.97 Å². The molecule has 12 heteroatoms. The van der Waals surface area contributed by atoms with E-state index in [0.717, 1.165) is 12.8 Å². The lowest BCUT2D eigenvalue weighted by molar-refractivity contribution is -0.117. The number of hydrogen-bond donors (Lipinski definition) is 5. The maximum absolute atomic E-state index is 12.7. The van der Waals surface area contributed by atoms with Crippen LogP contribution in [-0.4, -0.2) is 79.8 Å². The molecule has 0 unspecified atom stereocenters. The second kappa shape index (κ2) is 19.0. The van der Waals surface area contributed by atoms with E-state index in [0.29, 0.717) is 12.4 Å². The standard InChI is InChI=1S/C32H53N5O7/c1-3-4-5-6-7-8-9-10-11-12-13-14-15-16-18-43-19-17-25(39)36-30-26-23(29(33)42)20-37(31(26)35-22(2)34-30)32-28(41)27(40)24(21-38)44-32/h20,24,27-28,32,38,40-41H,3-19,21H2,1-2H3,(H2,33,42)(H,34,35,36,39)/t24-,27-,28-,32-/m1/s1. The minimum Gasteiger partial charge on any atom is -0.394 e. The van der Waals surface area contributed by atoms with Crippen molar-refractivity contribution in [1.29, 1.82) is 0 Å². The van der Waals surface area contributed by atoms with E-state index in [2.05, 4.69) is 22.2 Å². The minimum atomic E-state index is -1.39. The van der Waals surface area contributed by atoms with Crippen LogP contribution >= 0.6 is 0 Å². The highest BCUT2D eigenvalue weighted by Gasteiger charge is 2.44. The maximum Gasteiger partial charge on any atom is 0.251 e. The molecule has 44 heavy (non-hydrogen) atoms. The average molecular weight is 620 g/mol. The summed E-state index contributed by atoms with van der Waals surface area (Å²) >= 11 is 0. The number of aryl methyl sites for hydroxylation is 1. The van der Waals surface area contributed by atoms with Crippen molar-refractivity contribution in [3.8, 4) is 0 Å². The van der Waals surface area contributed by atoms with Crippen molar-refractivity contribution in [3.63, 3.8) is 0 Å². The van der Waals surface area contributed by atoms with Gasteiger partial charge in [0.2, 0.25) is 5.91 Å². The molecule has 0 saturated carbocycles. The van der Waals surface area contributed by atoms with Crippen molar-refractivity contribution in [2.24, 2.45) is 5.73 Å². The van der Waals surface area contributed by atoms with Gasteiger partial charge in [-0.15, -0.1) is 0 Å². The fourth-order valence-electron chi connectivity index (χ4n) is 5.70. The van der Waals surface area contributed by atoms with Crippen molar-refractivity contribution in [2.45, 2.75) is 135 Å². The number of primary amides is 1. The van der Waals surface area contributed by atoms with Crippen LogP contribution in [0.1, 0.15) is 126 Å². The van der Waals surface area contributed by atoms with E-state index >= 15 is 0 Å². The van der Waals surface area contributed by atoms with Gasteiger partial charge >= 0.3 is 0 Å². The van der Waals surface area contributed by atoms with Gasteiger partial charge in [0, 0.05) is 12.8 Å². The zero-order valence-corrected chi connectivity index (χ0v) is 26.5. The number of nitrogens with one attached hydrogen (secondary N) is 1. The number of nitrogens with zero attached hydrogens (tertiary/aromatic N) is 3. The molecule has 0 aromatic carbocycles. The fraction of sp³-hybridized carbons (Fsp3) is 0.750. The van der Waals surface area contributed by atoms with Gasteiger partial charge in [-0.2, -0.15) is 0 Å². The van der Waals surface area contributed by atoms with E-state index in [1.165, 1.54) is 87.8 Å². The number of carbonyl (C=O) groups excluding carboxylic acids is 2. The Morgan fingerprint density at radius 1 is 0.932 bits per heavy atom. The lowest BCUT2D eigenvalue weighted by Crippen LogP contribution is -2.33. The van der Waals surface area contributed by atoms with E-state index in [1.807, 2.05) is 0 Å². The van der Waals surface area contributed by atoms with Crippen LogP contribution in [0.15, 0.2) is 6.20 Å². The molecule has 12 nitrogen and oxygen atoms in total. The number of rotatable bonds is 22. The summed E-state index contributed by atoms with van der Waals surface area (Å²) in [6.07, 6.45) is 14.7. The molecule has 2 aromatic heterocycles. The van der Waals surface area contributed by atoms with Crippen LogP contribution < -0.4 is 11.1 Å². The Labute approximate surface area is 260 Å². The Balaban J connectivity index is 1.38. The van der Waals surface area contributed by atoms with E-state index < -0.39 is 37.1 Å². The molecule has 2 amide bonds. The number of aliphatic hydroxyl groups excluding tert-OH is 3. The molecule has 0 radical (unpaired) electrons. The first-order chi connectivity index (χ1) is 21.3. The van der Waals surface area contributed by atoms with Crippen LogP contribution in [0.2, 0.25) is 0 Å². The second-order valence-electron chi connectivity index (χ2n) is 11.9. The van der Waals surface area contributed by atoms with Crippen molar-refractivity contribution in [3.05, 3.63) is 17.6 Å². The molecule has 248 valence electrons. The topological polar surface area (TPSA) is 182 Å². The summed E-state index contributed by atoms with van der Waals surface area (Å²) in [6, 6.07) is 0. The van der Waals surface area contributed by atoms with Crippen molar-refractivity contribution in [2.75, 3.05) is 25.1 Å². The molecule has 0 bridgehead atoms. The number of aliphatic hydroxyl groups is 3. The van der Waals surface area contributed by atoms with Crippen molar-refractivity contribution >= 4 is 28.7 Å². The van der Waals surface area contributed by atoms with Gasteiger partial charge in [0.15, 0.2) is 6.23 Å². The number of anilines is 1. The number of amides is 2. The summed E-state index contributed by atoms with van der Waals surface area (Å²) in [4.78, 5) is 33.8. The Morgan fingerprint density at radius 2 is 1.52 bits per heavy atom. The normalized spacial score (nSPS) is 20.0. The van der Waals surface area contributed by atoms with Crippen molar-refractivity contribution < 1.29 is 34.4 Å². The second-order valence-corrected chi connectivity index (χ2v) is 11.9. The predicted molar refractivity (Wildman–Crippen MR) is 168 cm³/mol. The first-order valence-electron chi connectivity index (χ1n) is 16.5. The van der Waals surface area contributed by atoms with Crippen LogP contribution in [0.3, 0.4) is 0 Å². The fourth-order valence-corrected chi connectivity index (χ4v) is 5.70. The summed E-state index contributed by atoms with van der Waals surface area (Å²) in [5.41, 5.74) is 5.82. The Kier molecular flexibility index (Phi) is 15.5. The molecule has 3 heterocycles. The highest BCUT2D eigenvalue weighted by atomic mass is 16.6. The van der Waals surface area contributed by atoms with Gasteiger partial charge in [-0.3, -0.25) is 9.59 Å². The van der Waals surface area contributed by atoms with Crippen LogP contribution in [0.4, 0.5) is 5.82 Å². The third kappa shape index (κ3) is 10.5. The summed E-state index contributed by atoms with van der Waals surface area (Å²) in [5.74, 6) is -0.742. The van der Waals surface area contributed by atoms with Crippen LogP contribution in [0, 0.1) is 6.92 Å². The number of carbonyl (C=O) groups is 2. The summed E-state index contributed by atoms with van der Waals surface area (Å²) in [6.45, 7) is 4.22. The Bertz CT molecular complexity index is 1170. The van der Waals surface area contributed by atoms with Gasteiger partial charge in [0.25, 0.3) is 5.91 Å². The quantitative estimate of drug-likeness (QED) is 0.120. The van der Waals surface area contributed by atoms with Gasteiger partial charge in [0.05, 0.1) is 30.6 Å². The first kappa shape index (κ1) is 35.8. The predicted octanol–water partition coefficient (Wildman–Crippen LogP) is 4.28. The van der Waals surface area contributed by atoms with Crippen molar-refractivity contribution in [1.82, 2.24) is 14.5 Å². The number of aromatic nitrogens is 3. The first-order valence-corrected chi connectivity index (χ1v) is 16.5. The number of nitrogens with two attached hydrogens (primary N) is 1. The summed E-state index contributed by atoms with van der Waals surface area (Å²) in [7, 11) is 0. The molecule has 0 spiro atoms. The maximum atomic E-state index is 12.7. The molecule has 1 aliphatic heterocycles. The molecule has 0 aliphatic carbocycles. The molecule has 3 rings (SSSR count). The van der Waals surface area contributed by atoms with E-state index in [9.17, 15) is 24.9 Å². The molecule has 1 fully saturated rings. The van der Waals surface area contributed by atoms with E-state index in [-0.39, 0.29) is 41.3 Å². The lowest BCUT2D eigenvalue weighted by Gasteiger charge is -2.17. The highest BCUT2D eigenvalue weighted by Crippen LogP contribution is 2.35. The zero-order chi connectivity index (χ0) is 31.9.